The van der Waals surface area contributed by atoms with E-state index >= 15 is 0 Å². The first-order valence-corrected chi connectivity index (χ1v) is 9.20. The van der Waals surface area contributed by atoms with E-state index < -0.39 is 0 Å². The number of nitrogens with one attached hydrogen (secondary N) is 1. The Balaban J connectivity index is 1.38. The number of hydrogen-bond donors (Lipinski definition) is 1. The van der Waals surface area contributed by atoms with Crippen LogP contribution in [0.5, 0.6) is 5.75 Å². The van der Waals surface area contributed by atoms with Crippen LogP contribution in [0.15, 0.2) is 29.6 Å². The van der Waals surface area contributed by atoms with Crippen LogP contribution in [-0.4, -0.2) is 18.6 Å². The molecule has 2 heterocycles. The number of benzene rings is 1. The summed E-state index contributed by atoms with van der Waals surface area (Å²) in [4.78, 5) is 13.9. The van der Waals surface area contributed by atoms with Gasteiger partial charge in [-0.2, -0.15) is 0 Å². The van der Waals surface area contributed by atoms with Gasteiger partial charge >= 0.3 is 0 Å². The van der Waals surface area contributed by atoms with Gasteiger partial charge in [0.2, 0.25) is 0 Å². The smallest absolute Gasteiger partial charge is 0.252 e. The fourth-order valence-corrected chi connectivity index (χ4v) is 4.78. The van der Waals surface area contributed by atoms with Gasteiger partial charge in [-0.15, -0.1) is 11.3 Å². The molecule has 120 valence electrons. The van der Waals surface area contributed by atoms with E-state index in [1.165, 1.54) is 22.4 Å². The predicted octanol–water partition coefficient (Wildman–Crippen LogP) is 3.61. The number of rotatable bonds is 3. The summed E-state index contributed by atoms with van der Waals surface area (Å²) in [5.74, 6) is 1.74. The maximum atomic E-state index is 12.5. The van der Waals surface area contributed by atoms with Crippen molar-refractivity contribution in [2.24, 2.45) is 5.92 Å². The highest BCUT2D eigenvalue weighted by Crippen LogP contribution is 2.33. The number of carbonyl (C=O) groups is 1. The van der Waals surface area contributed by atoms with Crippen molar-refractivity contribution in [1.82, 2.24) is 5.32 Å². The molecule has 1 aromatic carbocycles. The summed E-state index contributed by atoms with van der Waals surface area (Å²) in [5.41, 5.74) is 3.39. The van der Waals surface area contributed by atoms with Gasteiger partial charge in [-0.3, -0.25) is 4.79 Å². The molecule has 2 aromatic rings. The van der Waals surface area contributed by atoms with E-state index in [1.54, 1.807) is 11.3 Å². The van der Waals surface area contributed by atoms with Gasteiger partial charge in [-0.25, -0.2) is 0 Å². The summed E-state index contributed by atoms with van der Waals surface area (Å²) in [5, 5.41) is 5.10. The van der Waals surface area contributed by atoms with E-state index in [1.807, 2.05) is 23.6 Å². The minimum absolute atomic E-state index is 0.0471. The average Bonchev–Trinajstić information content (AvgIpc) is 3.15. The molecule has 0 spiro atoms. The van der Waals surface area contributed by atoms with Crippen LogP contribution in [0, 0.1) is 5.92 Å². The molecule has 1 aliphatic heterocycles. The zero-order valence-corrected chi connectivity index (χ0v) is 14.1. The van der Waals surface area contributed by atoms with Gasteiger partial charge in [-0.05, 0) is 42.4 Å². The Kier molecular flexibility index (Phi) is 3.85. The van der Waals surface area contributed by atoms with Crippen molar-refractivity contribution in [3.05, 3.63) is 51.2 Å². The Morgan fingerprint density at radius 1 is 1.35 bits per heavy atom. The monoisotopic (exact) mass is 327 g/mol. The van der Waals surface area contributed by atoms with Crippen LogP contribution >= 0.6 is 11.3 Å². The number of thiophene rings is 1. The molecule has 23 heavy (non-hydrogen) atoms. The van der Waals surface area contributed by atoms with E-state index in [9.17, 15) is 4.79 Å². The topological polar surface area (TPSA) is 38.3 Å². The van der Waals surface area contributed by atoms with Crippen molar-refractivity contribution >= 4 is 17.2 Å². The maximum Gasteiger partial charge on any atom is 0.252 e. The lowest BCUT2D eigenvalue weighted by Gasteiger charge is -2.19. The lowest BCUT2D eigenvalue weighted by atomic mass is 9.88. The van der Waals surface area contributed by atoms with Crippen molar-refractivity contribution in [3.8, 4) is 5.75 Å². The van der Waals surface area contributed by atoms with Crippen LogP contribution in [0.25, 0.3) is 0 Å². The minimum atomic E-state index is 0.0471. The van der Waals surface area contributed by atoms with Gasteiger partial charge in [0.1, 0.15) is 11.9 Å². The second-order valence-electron chi connectivity index (χ2n) is 6.66. The van der Waals surface area contributed by atoms with Gasteiger partial charge in [-0.1, -0.05) is 25.1 Å². The Hall–Kier alpha value is -1.81. The van der Waals surface area contributed by atoms with E-state index in [4.69, 9.17) is 4.74 Å². The fourth-order valence-electron chi connectivity index (χ4n) is 3.54. The summed E-state index contributed by atoms with van der Waals surface area (Å²) >= 11 is 1.74. The summed E-state index contributed by atoms with van der Waals surface area (Å²) < 4.78 is 5.89. The first-order chi connectivity index (χ1) is 11.2. The van der Waals surface area contributed by atoms with Crippen molar-refractivity contribution in [3.63, 3.8) is 0 Å². The molecule has 4 rings (SSSR count). The second-order valence-corrected chi connectivity index (χ2v) is 7.63. The third-order valence-electron chi connectivity index (χ3n) is 4.85. The molecule has 4 heteroatoms. The Bertz CT molecular complexity index is 712. The Labute approximate surface area is 140 Å². The fraction of sp³-hybridized carbons (Fsp3) is 0.421. The number of ether oxygens (including phenoxy) is 1. The van der Waals surface area contributed by atoms with Crippen molar-refractivity contribution in [1.29, 1.82) is 0 Å². The van der Waals surface area contributed by atoms with Crippen LogP contribution in [0.3, 0.4) is 0 Å². The van der Waals surface area contributed by atoms with Gasteiger partial charge in [0.15, 0.2) is 0 Å². The molecule has 2 aliphatic rings. The maximum absolute atomic E-state index is 12.5. The van der Waals surface area contributed by atoms with E-state index in [2.05, 4.69) is 18.3 Å². The van der Waals surface area contributed by atoms with Crippen LogP contribution < -0.4 is 10.1 Å². The molecule has 3 nitrogen and oxygen atoms in total. The number of hydrogen-bond acceptors (Lipinski definition) is 3. The summed E-state index contributed by atoms with van der Waals surface area (Å²) in [7, 11) is 0. The molecular formula is C19H21NO2S. The number of amides is 1. The van der Waals surface area contributed by atoms with Gasteiger partial charge in [0, 0.05) is 16.7 Å². The third-order valence-corrected chi connectivity index (χ3v) is 5.90. The van der Waals surface area contributed by atoms with Gasteiger partial charge < -0.3 is 10.1 Å². The molecular weight excluding hydrogens is 306 g/mol. The van der Waals surface area contributed by atoms with Crippen molar-refractivity contribution in [2.45, 2.75) is 38.7 Å². The van der Waals surface area contributed by atoms with Gasteiger partial charge in [0.25, 0.3) is 5.91 Å². The Morgan fingerprint density at radius 3 is 3.09 bits per heavy atom. The first kappa shape index (κ1) is 14.8. The van der Waals surface area contributed by atoms with Crippen LogP contribution in [0.2, 0.25) is 0 Å². The van der Waals surface area contributed by atoms with Crippen LogP contribution in [0.1, 0.15) is 39.7 Å². The van der Waals surface area contributed by atoms with Gasteiger partial charge in [0.05, 0.1) is 12.1 Å². The highest BCUT2D eigenvalue weighted by atomic mass is 32.1. The number of fused-ring (bicyclic) bond motifs is 2. The molecule has 1 N–H and O–H groups in total. The van der Waals surface area contributed by atoms with E-state index in [0.717, 1.165) is 36.5 Å². The summed E-state index contributed by atoms with van der Waals surface area (Å²) in [6.45, 7) is 2.85. The molecule has 1 aliphatic carbocycles. The Morgan fingerprint density at radius 2 is 2.22 bits per heavy atom. The zero-order chi connectivity index (χ0) is 15.8. The molecule has 0 fully saturated rings. The lowest BCUT2D eigenvalue weighted by Crippen LogP contribution is -2.34. The van der Waals surface area contributed by atoms with Crippen LogP contribution in [0.4, 0.5) is 0 Å². The minimum Gasteiger partial charge on any atom is -0.488 e. The first-order valence-electron chi connectivity index (χ1n) is 8.32. The standard InChI is InChI=1S/C19H21NO2S/c1-12-6-7-15-16(11-23-18(15)8-12)19(21)20-10-14-9-13-4-2-3-5-17(13)22-14/h2-5,11-12,14H,6-10H2,1H3,(H,20,21)/t12-,14+/m1/s1. The number of para-hydroxylation sites is 1. The zero-order valence-electron chi connectivity index (χ0n) is 13.3. The van der Waals surface area contributed by atoms with Crippen molar-refractivity contribution < 1.29 is 9.53 Å². The van der Waals surface area contributed by atoms with Crippen LogP contribution in [-0.2, 0) is 19.3 Å². The molecule has 1 aromatic heterocycles. The second kappa shape index (κ2) is 6.00. The normalized spacial score (nSPS) is 22.1. The largest absolute Gasteiger partial charge is 0.488 e. The molecule has 0 unspecified atom stereocenters. The molecule has 0 radical (unpaired) electrons. The predicted molar refractivity (Wildman–Crippen MR) is 92.4 cm³/mol. The van der Waals surface area contributed by atoms with E-state index in [-0.39, 0.29) is 12.0 Å². The molecule has 0 saturated carbocycles. The summed E-state index contributed by atoms with van der Waals surface area (Å²) in [6, 6.07) is 8.10. The average molecular weight is 327 g/mol. The lowest BCUT2D eigenvalue weighted by molar-refractivity contribution is 0.0932. The molecule has 0 saturated heterocycles. The van der Waals surface area contributed by atoms with E-state index in [0.29, 0.717) is 6.54 Å². The quantitative estimate of drug-likeness (QED) is 0.935. The molecule has 2 atom stereocenters. The SMILES string of the molecule is C[C@@H]1CCc2c(C(=O)NC[C@@H]3Cc4ccccc4O3)csc2C1. The molecule has 0 bridgehead atoms. The molecule has 1 amide bonds. The third kappa shape index (κ3) is 2.88. The summed E-state index contributed by atoms with van der Waals surface area (Å²) in [6.07, 6.45) is 4.26. The highest BCUT2D eigenvalue weighted by Gasteiger charge is 2.25. The highest BCUT2D eigenvalue weighted by molar-refractivity contribution is 7.10. The number of carbonyl (C=O) groups excluding carboxylic acids is 1. The van der Waals surface area contributed by atoms with Crippen molar-refractivity contribution in [2.75, 3.05) is 6.54 Å².